The van der Waals surface area contributed by atoms with Crippen LogP contribution in [0.25, 0.3) is 11.0 Å². The lowest BCUT2D eigenvalue weighted by Crippen LogP contribution is -2.27. The third-order valence-corrected chi connectivity index (χ3v) is 4.52. The van der Waals surface area contributed by atoms with Gasteiger partial charge >= 0.3 is 0 Å². The van der Waals surface area contributed by atoms with Crippen LogP contribution in [0, 0.1) is 5.82 Å². The highest BCUT2D eigenvalue weighted by molar-refractivity contribution is 5.78. The number of aromatic nitrogens is 1. The smallest absolute Gasteiger partial charge is 0.213 e. The summed E-state index contributed by atoms with van der Waals surface area (Å²) in [5.74, 6) is 0.628. The molecule has 0 bridgehead atoms. The number of fused-ring (bicyclic) bond motifs is 1. The van der Waals surface area contributed by atoms with Crippen LogP contribution in [0.2, 0.25) is 0 Å². The van der Waals surface area contributed by atoms with Crippen LogP contribution < -0.4 is 10.1 Å². The van der Waals surface area contributed by atoms with Crippen molar-refractivity contribution in [1.29, 1.82) is 0 Å². The first-order valence-electron chi connectivity index (χ1n) is 8.26. The minimum absolute atomic E-state index is 0.130. The Kier molecular flexibility index (Phi) is 4.17. The molecule has 0 aliphatic carbocycles. The zero-order valence-corrected chi connectivity index (χ0v) is 13.3. The van der Waals surface area contributed by atoms with E-state index in [1.54, 1.807) is 12.1 Å². The van der Waals surface area contributed by atoms with Crippen LogP contribution in [-0.4, -0.2) is 18.1 Å². The second-order valence-electron chi connectivity index (χ2n) is 6.09. The fraction of sp³-hybridized carbons (Fsp3) is 0.316. The molecule has 1 fully saturated rings. The zero-order chi connectivity index (χ0) is 16.4. The van der Waals surface area contributed by atoms with Gasteiger partial charge in [-0.25, -0.2) is 9.37 Å². The fourth-order valence-corrected chi connectivity index (χ4v) is 3.16. The van der Waals surface area contributed by atoms with Crippen LogP contribution in [0.15, 0.2) is 47.1 Å². The summed E-state index contributed by atoms with van der Waals surface area (Å²) in [7, 11) is 0. The lowest BCUT2D eigenvalue weighted by atomic mass is 9.94. The Morgan fingerprint density at radius 1 is 1.17 bits per heavy atom. The largest absolute Gasteiger partial charge is 0.473 e. The van der Waals surface area contributed by atoms with Gasteiger partial charge in [0.1, 0.15) is 6.61 Å². The first kappa shape index (κ1) is 15.1. The highest BCUT2D eigenvalue weighted by Gasteiger charge is 2.17. The molecule has 0 spiro atoms. The molecule has 0 amide bonds. The summed E-state index contributed by atoms with van der Waals surface area (Å²) in [5, 5.41) is 4.11. The summed E-state index contributed by atoms with van der Waals surface area (Å²) < 4.78 is 25.3. The topological polar surface area (TPSA) is 47.3 Å². The number of rotatable bonds is 4. The van der Waals surface area contributed by atoms with Crippen molar-refractivity contribution in [1.82, 2.24) is 10.3 Å². The molecule has 1 aliphatic rings. The number of halogens is 1. The molecule has 2 aromatic heterocycles. The second kappa shape index (κ2) is 6.61. The van der Waals surface area contributed by atoms with E-state index in [-0.39, 0.29) is 18.0 Å². The maximum absolute atomic E-state index is 14.4. The maximum Gasteiger partial charge on any atom is 0.213 e. The number of piperidine rings is 1. The molecule has 0 atom stereocenters. The Bertz CT molecular complexity index is 840. The van der Waals surface area contributed by atoms with E-state index >= 15 is 0 Å². The Hall–Kier alpha value is -2.40. The number of nitrogens with zero attached hydrogens (tertiary/aromatic N) is 1. The van der Waals surface area contributed by atoms with Gasteiger partial charge in [0.05, 0.1) is 6.26 Å². The van der Waals surface area contributed by atoms with Gasteiger partial charge in [-0.2, -0.15) is 0 Å². The van der Waals surface area contributed by atoms with Crippen molar-refractivity contribution in [3.63, 3.8) is 0 Å². The van der Waals surface area contributed by atoms with Gasteiger partial charge < -0.3 is 14.5 Å². The van der Waals surface area contributed by atoms with Crippen molar-refractivity contribution in [3.8, 4) is 5.88 Å². The molecule has 1 aromatic carbocycles. The average Bonchev–Trinajstić information content (AvgIpc) is 3.12. The van der Waals surface area contributed by atoms with Crippen LogP contribution in [0.4, 0.5) is 4.39 Å². The average molecular weight is 326 g/mol. The SMILES string of the molecule is Fc1c(COc2cccc(C3CCNCC3)n2)ccc2ccoc12. The van der Waals surface area contributed by atoms with Crippen molar-refractivity contribution in [3.05, 3.63) is 59.7 Å². The highest BCUT2D eigenvalue weighted by atomic mass is 19.1. The van der Waals surface area contributed by atoms with E-state index in [1.807, 2.05) is 24.3 Å². The Balaban J connectivity index is 1.49. The quantitative estimate of drug-likeness (QED) is 0.787. The van der Waals surface area contributed by atoms with Gasteiger partial charge in [0, 0.05) is 28.6 Å². The van der Waals surface area contributed by atoms with Crippen molar-refractivity contribution in [2.24, 2.45) is 0 Å². The Morgan fingerprint density at radius 2 is 2.04 bits per heavy atom. The first-order chi connectivity index (χ1) is 11.8. The highest BCUT2D eigenvalue weighted by Crippen LogP contribution is 2.26. The normalized spacial score (nSPS) is 15.7. The van der Waals surface area contributed by atoms with E-state index in [0.717, 1.165) is 37.0 Å². The summed E-state index contributed by atoms with van der Waals surface area (Å²) in [4.78, 5) is 4.60. The standard InChI is InChI=1S/C19H19FN2O2/c20-18-15(5-4-14-8-11-23-19(14)18)12-24-17-3-1-2-16(22-17)13-6-9-21-10-7-13/h1-5,8,11,13,21H,6-7,9-10,12H2. The van der Waals surface area contributed by atoms with Crippen LogP contribution >= 0.6 is 0 Å². The van der Waals surface area contributed by atoms with Gasteiger partial charge in [-0.1, -0.05) is 18.2 Å². The number of hydrogen-bond acceptors (Lipinski definition) is 4. The predicted octanol–water partition coefficient (Wildman–Crippen LogP) is 4.01. The molecular weight excluding hydrogens is 307 g/mol. The summed E-state index contributed by atoms with van der Waals surface area (Å²) in [6.45, 7) is 2.17. The van der Waals surface area contributed by atoms with Gasteiger partial charge in [-0.15, -0.1) is 0 Å². The van der Waals surface area contributed by atoms with Gasteiger partial charge in [0.25, 0.3) is 0 Å². The molecule has 5 heteroatoms. The van der Waals surface area contributed by atoms with Gasteiger partial charge in [0.15, 0.2) is 11.4 Å². The second-order valence-corrected chi connectivity index (χ2v) is 6.09. The van der Waals surface area contributed by atoms with Crippen LogP contribution in [0.5, 0.6) is 5.88 Å². The molecule has 0 radical (unpaired) electrons. The number of furan rings is 1. The first-order valence-corrected chi connectivity index (χ1v) is 8.26. The van der Waals surface area contributed by atoms with Gasteiger partial charge in [0.2, 0.25) is 5.88 Å². The molecule has 24 heavy (non-hydrogen) atoms. The summed E-state index contributed by atoms with van der Waals surface area (Å²) in [5.41, 5.74) is 1.79. The minimum atomic E-state index is -0.369. The fourth-order valence-electron chi connectivity index (χ4n) is 3.16. The molecule has 4 rings (SSSR count). The molecule has 1 saturated heterocycles. The van der Waals surface area contributed by atoms with Gasteiger partial charge in [-0.3, -0.25) is 0 Å². The third-order valence-electron chi connectivity index (χ3n) is 4.52. The number of nitrogens with one attached hydrogen (secondary N) is 1. The van der Waals surface area contributed by atoms with E-state index in [9.17, 15) is 4.39 Å². The molecule has 124 valence electrons. The summed E-state index contributed by atoms with van der Waals surface area (Å²) in [6, 6.07) is 11.1. The third kappa shape index (κ3) is 2.99. The molecule has 1 N–H and O–H groups in total. The van der Waals surface area contributed by atoms with Crippen molar-refractivity contribution in [2.75, 3.05) is 13.1 Å². The molecule has 3 aromatic rings. The lowest BCUT2D eigenvalue weighted by molar-refractivity contribution is 0.286. The van der Waals surface area contributed by atoms with Crippen molar-refractivity contribution >= 4 is 11.0 Å². The number of ether oxygens (including phenoxy) is 1. The van der Waals surface area contributed by atoms with E-state index < -0.39 is 0 Å². The predicted molar refractivity (Wildman–Crippen MR) is 89.6 cm³/mol. The molecule has 1 aliphatic heterocycles. The van der Waals surface area contributed by atoms with Crippen molar-refractivity contribution in [2.45, 2.75) is 25.4 Å². The molecule has 3 heterocycles. The molecule has 0 saturated carbocycles. The Labute approximate surface area is 139 Å². The van der Waals surface area contributed by atoms with E-state index in [4.69, 9.17) is 9.15 Å². The van der Waals surface area contributed by atoms with Crippen LogP contribution in [0.3, 0.4) is 0 Å². The Morgan fingerprint density at radius 3 is 2.92 bits per heavy atom. The van der Waals surface area contributed by atoms with E-state index in [0.29, 0.717) is 17.4 Å². The summed E-state index contributed by atoms with van der Waals surface area (Å²) in [6.07, 6.45) is 3.66. The molecule has 0 unspecified atom stereocenters. The zero-order valence-electron chi connectivity index (χ0n) is 13.3. The van der Waals surface area contributed by atoms with Gasteiger partial charge in [-0.05, 0) is 38.1 Å². The maximum atomic E-state index is 14.4. The van der Waals surface area contributed by atoms with Crippen LogP contribution in [-0.2, 0) is 6.61 Å². The number of hydrogen-bond donors (Lipinski definition) is 1. The van der Waals surface area contributed by atoms with Crippen molar-refractivity contribution < 1.29 is 13.5 Å². The molecule has 4 nitrogen and oxygen atoms in total. The number of benzene rings is 1. The summed E-state index contributed by atoms with van der Waals surface area (Å²) >= 11 is 0. The monoisotopic (exact) mass is 326 g/mol. The van der Waals surface area contributed by atoms with E-state index in [1.165, 1.54) is 6.26 Å². The number of pyridine rings is 1. The molecular formula is C19H19FN2O2. The minimum Gasteiger partial charge on any atom is -0.473 e. The lowest BCUT2D eigenvalue weighted by Gasteiger charge is -2.22. The van der Waals surface area contributed by atoms with Crippen LogP contribution in [0.1, 0.15) is 30.0 Å². The van der Waals surface area contributed by atoms with E-state index in [2.05, 4.69) is 10.3 Å².